The molecule has 8 heteroatoms. The minimum Gasteiger partial charge on any atom is -0.494 e. The molecule has 152 valence electrons. The molecule has 0 aliphatic rings. The molecule has 28 heavy (non-hydrogen) atoms. The van der Waals surface area contributed by atoms with E-state index in [1.165, 1.54) is 12.1 Å². The van der Waals surface area contributed by atoms with E-state index in [0.29, 0.717) is 18.1 Å². The maximum atomic E-state index is 12.2. The lowest BCUT2D eigenvalue weighted by atomic mass is 10.2. The number of nitrogens with one attached hydrogen (secondary N) is 1. The van der Waals surface area contributed by atoms with Crippen LogP contribution in [0.1, 0.15) is 18.9 Å². The minimum absolute atomic E-state index is 0.0485. The van der Waals surface area contributed by atoms with Gasteiger partial charge in [-0.05, 0) is 55.8 Å². The third-order valence-corrected chi connectivity index (χ3v) is 5.15. The average Bonchev–Trinajstić information content (AvgIpc) is 2.66. The Morgan fingerprint density at radius 2 is 1.75 bits per heavy atom. The highest BCUT2D eigenvalue weighted by Crippen LogP contribution is 2.16. The van der Waals surface area contributed by atoms with E-state index in [1.807, 2.05) is 38.1 Å². The van der Waals surface area contributed by atoms with Crippen LogP contribution in [0.4, 0.5) is 0 Å². The smallest absolute Gasteiger partial charge is 0.307 e. The molecule has 0 unspecified atom stereocenters. The standard InChI is InChI=1S/C20H25NO6S/c1-3-25-17-7-9-19(10-8-17)28(23,24)21-12-11-20(22)27-14-13-26-18-6-4-5-16(2)15-18/h4-10,15,21H,3,11-14H2,1-2H3. The fourth-order valence-electron chi connectivity index (χ4n) is 2.34. The van der Waals surface area contributed by atoms with E-state index in [0.717, 1.165) is 5.56 Å². The molecule has 0 bridgehead atoms. The van der Waals surface area contributed by atoms with E-state index in [9.17, 15) is 13.2 Å². The van der Waals surface area contributed by atoms with Crippen molar-refractivity contribution in [2.45, 2.75) is 25.2 Å². The largest absolute Gasteiger partial charge is 0.494 e. The molecule has 7 nitrogen and oxygen atoms in total. The molecule has 0 heterocycles. The lowest BCUT2D eigenvalue weighted by molar-refractivity contribution is -0.144. The number of carbonyl (C=O) groups is 1. The van der Waals surface area contributed by atoms with Crippen molar-refractivity contribution in [2.75, 3.05) is 26.4 Å². The van der Waals surface area contributed by atoms with Gasteiger partial charge in [-0.3, -0.25) is 4.79 Å². The van der Waals surface area contributed by atoms with Crippen LogP contribution in [0.15, 0.2) is 53.4 Å². The van der Waals surface area contributed by atoms with Gasteiger partial charge >= 0.3 is 5.97 Å². The number of hydrogen-bond acceptors (Lipinski definition) is 6. The van der Waals surface area contributed by atoms with Crippen LogP contribution in [-0.4, -0.2) is 40.8 Å². The van der Waals surface area contributed by atoms with Crippen molar-refractivity contribution in [3.63, 3.8) is 0 Å². The summed E-state index contributed by atoms with van der Waals surface area (Å²) in [5.74, 6) is 0.805. The van der Waals surface area contributed by atoms with Crippen LogP contribution in [0.2, 0.25) is 0 Å². The third kappa shape index (κ3) is 7.21. The van der Waals surface area contributed by atoms with Crippen LogP contribution in [0.5, 0.6) is 11.5 Å². The second-order valence-electron chi connectivity index (χ2n) is 5.94. The zero-order valence-corrected chi connectivity index (χ0v) is 16.8. The van der Waals surface area contributed by atoms with Crippen LogP contribution in [0.3, 0.4) is 0 Å². The van der Waals surface area contributed by atoms with E-state index < -0.39 is 16.0 Å². The van der Waals surface area contributed by atoms with Gasteiger partial charge in [-0.1, -0.05) is 12.1 Å². The Balaban J connectivity index is 1.67. The van der Waals surface area contributed by atoms with Gasteiger partial charge in [0.2, 0.25) is 10.0 Å². The summed E-state index contributed by atoms with van der Waals surface area (Å²) in [7, 11) is -3.69. The fraction of sp³-hybridized carbons (Fsp3) is 0.350. The highest BCUT2D eigenvalue weighted by molar-refractivity contribution is 7.89. The summed E-state index contributed by atoms with van der Waals surface area (Å²) in [5.41, 5.74) is 1.08. The zero-order valence-electron chi connectivity index (χ0n) is 16.0. The van der Waals surface area contributed by atoms with Gasteiger partial charge in [-0.15, -0.1) is 0 Å². The summed E-state index contributed by atoms with van der Waals surface area (Å²) in [4.78, 5) is 11.8. The van der Waals surface area contributed by atoms with Crippen LogP contribution >= 0.6 is 0 Å². The zero-order chi connectivity index (χ0) is 20.4. The molecule has 0 spiro atoms. The van der Waals surface area contributed by atoms with Gasteiger partial charge in [0, 0.05) is 6.54 Å². The van der Waals surface area contributed by atoms with Crippen molar-refractivity contribution in [1.82, 2.24) is 4.72 Å². The molecule has 2 rings (SSSR count). The summed E-state index contributed by atoms with van der Waals surface area (Å²) in [6, 6.07) is 13.6. The number of rotatable bonds is 11. The van der Waals surface area contributed by atoms with Crippen LogP contribution in [-0.2, 0) is 19.6 Å². The van der Waals surface area contributed by atoms with E-state index in [1.54, 1.807) is 12.1 Å². The van der Waals surface area contributed by atoms with E-state index in [-0.39, 0.29) is 31.1 Å². The van der Waals surface area contributed by atoms with Gasteiger partial charge < -0.3 is 14.2 Å². The van der Waals surface area contributed by atoms with Gasteiger partial charge in [-0.2, -0.15) is 0 Å². The number of ether oxygens (including phenoxy) is 3. The number of hydrogen-bond donors (Lipinski definition) is 1. The summed E-state index contributed by atoms with van der Waals surface area (Å²) < 4.78 is 42.6. The van der Waals surface area contributed by atoms with Gasteiger partial charge in [0.15, 0.2) is 0 Å². The van der Waals surface area contributed by atoms with Crippen LogP contribution in [0, 0.1) is 6.92 Å². The van der Waals surface area contributed by atoms with Crippen molar-refractivity contribution < 1.29 is 27.4 Å². The molecule has 0 aliphatic heterocycles. The predicted octanol–water partition coefficient (Wildman–Crippen LogP) is 2.68. The summed E-state index contributed by atoms with van der Waals surface area (Å²) in [6.07, 6.45) is -0.0687. The molecule has 0 saturated heterocycles. The molecule has 0 atom stereocenters. The molecule has 2 aromatic rings. The van der Waals surface area contributed by atoms with E-state index in [4.69, 9.17) is 14.2 Å². The Labute approximate surface area is 165 Å². The highest BCUT2D eigenvalue weighted by atomic mass is 32.2. The molecule has 0 fully saturated rings. The molecule has 1 N–H and O–H groups in total. The summed E-state index contributed by atoms with van der Waals surface area (Å²) >= 11 is 0. The molecular formula is C20H25NO6S. The minimum atomic E-state index is -3.69. The van der Waals surface area contributed by atoms with Gasteiger partial charge in [-0.25, -0.2) is 13.1 Å². The Kier molecular flexibility index (Phi) is 8.28. The molecule has 0 radical (unpaired) electrons. The Bertz CT molecular complexity index is 865. The van der Waals surface area contributed by atoms with Crippen molar-refractivity contribution >= 4 is 16.0 Å². The number of benzene rings is 2. The maximum Gasteiger partial charge on any atom is 0.307 e. The normalized spacial score (nSPS) is 11.1. The SMILES string of the molecule is CCOc1ccc(S(=O)(=O)NCCC(=O)OCCOc2cccc(C)c2)cc1. The Morgan fingerprint density at radius 3 is 2.43 bits per heavy atom. The lowest BCUT2D eigenvalue weighted by Gasteiger charge is -2.09. The third-order valence-electron chi connectivity index (χ3n) is 3.67. The quantitative estimate of drug-likeness (QED) is 0.455. The lowest BCUT2D eigenvalue weighted by Crippen LogP contribution is -2.27. The van der Waals surface area contributed by atoms with Crippen LogP contribution < -0.4 is 14.2 Å². The maximum absolute atomic E-state index is 12.2. The van der Waals surface area contributed by atoms with Crippen LogP contribution in [0.25, 0.3) is 0 Å². The molecular weight excluding hydrogens is 382 g/mol. The van der Waals surface area contributed by atoms with Crippen molar-refractivity contribution in [1.29, 1.82) is 0 Å². The van der Waals surface area contributed by atoms with E-state index in [2.05, 4.69) is 4.72 Å². The summed E-state index contributed by atoms with van der Waals surface area (Å²) in [5, 5.41) is 0. The Hall–Kier alpha value is -2.58. The van der Waals surface area contributed by atoms with Gasteiger partial charge in [0.1, 0.15) is 24.7 Å². The first-order valence-electron chi connectivity index (χ1n) is 8.98. The number of sulfonamides is 1. The number of esters is 1. The molecule has 2 aromatic carbocycles. The summed E-state index contributed by atoms with van der Waals surface area (Å²) in [6.45, 7) is 4.59. The van der Waals surface area contributed by atoms with Crippen molar-refractivity contribution in [3.05, 3.63) is 54.1 Å². The second kappa shape index (κ2) is 10.7. The number of carbonyl (C=O) groups excluding carboxylic acids is 1. The van der Waals surface area contributed by atoms with E-state index >= 15 is 0 Å². The van der Waals surface area contributed by atoms with Crippen molar-refractivity contribution in [2.24, 2.45) is 0 Å². The average molecular weight is 407 g/mol. The van der Waals surface area contributed by atoms with Gasteiger partial charge in [0.05, 0.1) is 17.9 Å². The second-order valence-corrected chi connectivity index (χ2v) is 7.70. The first-order valence-corrected chi connectivity index (χ1v) is 10.5. The molecule has 0 amide bonds. The molecule has 0 aromatic heterocycles. The molecule has 0 saturated carbocycles. The Morgan fingerprint density at radius 1 is 1.00 bits per heavy atom. The predicted molar refractivity (Wildman–Crippen MR) is 105 cm³/mol. The first kappa shape index (κ1) is 21.7. The fourth-order valence-corrected chi connectivity index (χ4v) is 3.38. The number of aryl methyl sites for hydroxylation is 1. The molecule has 0 aliphatic carbocycles. The topological polar surface area (TPSA) is 90.9 Å². The highest BCUT2D eigenvalue weighted by Gasteiger charge is 2.14. The van der Waals surface area contributed by atoms with Crippen molar-refractivity contribution in [3.8, 4) is 11.5 Å². The first-order chi connectivity index (χ1) is 13.4. The monoisotopic (exact) mass is 407 g/mol. The van der Waals surface area contributed by atoms with Gasteiger partial charge in [0.25, 0.3) is 0 Å².